The van der Waals surface area contributed by atoms with Crippen molar-refractivity contribution in [2.24, 2.45) is 0 Å². The number of hydrogen-bond donors (Lipinski definition) is 2. The Kier molecular flexibility index (Phi) is 3.67. The Balaban J connectivity index is 2.35. The van der Waals surface area contributed by atoms with E-state index in [4.69, 9.17) is 0 Å². The maximum Gasteiger partial charge on any atom is 0.155 e. The molecule has 0 amide bonds. The molecule has 1 aromatic carbocycles. The van der Waals surface area contributed by atoms with E-state index in [9.17, 15) is 5.11 Å². The van der Waals surface area contributed by atoms with E-state index in [1.54, 1.807) is 12.4 Å². The van der Waals surface area contributed by atoms with Crippen LogP contribution in [-0.2, 0) is 10.8 Å². The SMILES string of the molecule is CC(C)(C)c1cc(-c2ccnc3[nH]ncc23)cc(C(C)(C)C)c1O. The number of fused-ring (bicyclic) bond motifs is 1. The number of rotatable bonds is 1. The van der Waals surface area contributed by atoms with Gasteiger partial charge in [-0.25, -0.2) is 4.98 Å². The lowest BCUT2D eigenvalue weighted by molar-refractivity contribution is 0.423. The van der Waals surface area contributed by atoms with Crippen LogP contribution in [0.25, 0.3) is 22.2 Å². The van der Waals surface area contributed by atoms with E-state index in [0.717, 1.165) is 33.3 Å². The molecule has 4 heteroatoms. The fourth-order valence-corrected chi connectivity index (χ4v) is 3.04. The van der Waals surface area contributed by atoms with Crippen molar-refractivity contribution in [2.75, 3.05) is 0 Å². The van der Waals surface area contributed by atoms with E-state index in [-0.39, 0.29) is 10.8 Å². The Bertz CT molecular complexity index is 860. The van der Waals surface area contributed by atoms with Gasteiger partial charge in [0.15, 0.2) is 5.65 Å². The molecule has 0 atom stereocenters. The molecule has 0 spiro atoms. The second-order valence-electron chi connectivity index (χ2n) is 8.41. The molecular weight excluding hydrogens is 298 g/mol. The number of nitrogens with zero attached hydrogens (tertiary/aromatic N) is 2. The second-order valence-corrected chi connectivity index (χ2v) is 8.41. The van der Waals surface area contributed by atoms with Crippen molar-refractivity contribution in [3.63, 3.8) is 0 Å². The van der Waals surface area contributed by atoms with Gasteiger partial charge in [0, 0.05) is 22.7 Å². The van der Waals surface area contributed by atoms with Gasteiger partial charge in [-0.05, 0) is 40.2 Å². The molecule has 0 bridgehead atoms. The summed E-state index contributed by atoms with van der Waals surface area (Å²) in [6.45, 7) is 12.7. The minimum atomic E-state index is -0.150. The number of benzene rings is 1. The second kappa shape index (κ2) is 5.33. The highest BCUT2D eigenvalue weighted by Crippen LogP contribution is 2.42. The van der Waals surface area contributed by atoms with Crippen molar-refractivity contribution in [3.8, 4) is 16.9 Å². The Hall–Kier alpha value is -2.36. The van der Waals surface area contributed by atoms with Crippen molar-refractivity contribution in [1.29, 1.82) is 0 Å². The highest BCUT2D eigenvalue weighted by atomic mass is 16.3. The molecule has 2 N–H and O–H groups in total. The first-order chi connectivity index (χ1) is 11.1. The molecule has 0 aliphatic rings. The molecule has 0 fully saturated rings. The van der Waals surface area contributed by atoms with Crippen LogP contribution >= 0.6 is 0 Å². The van der Waals surface area contributed by atoms with Gasteiger partial charge < -0.3 is 5.11 Å². The fraction of sp³-hybridized carbons (Fsp3) is 0.400. The zero-order valence-electron chi connectivity index (χ0n) is 15.2. The predicted octanol–water partition coefficient (Wildman–Crippen LogP) is 4.93. The van der Waals surface area contributed by atoms with Crippen LogP contribution in [0, 0.1) is 0 Å². The molecule has 0 radical (unpaired) electrons. The summed E-state index contributed by atoms with van der Waals surface area (Å²) in [5, 5.41) is 18.9. The number of pyridine rings is 1. The predicted molar refractivity (Wildman–Crippen MR) is 98.4 cm³/mol. The van der Waals surface area contributed by atoms with Crippen LogP contribution in [0.1, 0.15) is 52.7 Å². The summed E-state index contributed by atoms with van der Waals surface area (Å²) in [5.74, 6) is 0.399. The third-order valence-electron chi connectivity index (χ3n) is 4.39. The maximum absolute atomic E-state index is 10.9. The molecular formula is C20H25N3O. The van der Waals surface area contributed by atoms with Crippen molar-refractivity contribution in [1.82, 2.24) is 15.2 Å². The molecule has 0 unspecified atom stereocenters. The van der Waals surface area contributed by atoms with E-state index < -0.39 is 0 Å². The average Bonchev–Trinajstić information content (AvgIpc) is 2.93. The molecule has 2 heterocycles. The number of aromatic nitrogens is 3. The van der Waals surface area contributed by atoms with Crippen LogP contribution in [0.4, 0.5) is 0 Å². The molecule has 2 aromatic heterocycles. The summed E-state index contributed by atoms with van der Waals surface area (Å²) in [6.07, 6.45) is 3.59. The Morgan fingerprint density at radius 2 is 1.54 bits per heavy atom. The molecule has 126 valence electrons. The van der Waals surface area contributed by atoms with Gasteiger partial charge in [-0.2, -0.15) is 5.10 Å². The molecule has 4 nitrogen and oxygen atoms in total. The molecule has 0 saturated heterocycles. The molecule has 3 aromatic rings. The van der Waals surface area contributed by atoms with Gasteiger partial charge in [-0.3, -0.25) is 5.10 Å². The minimum Gasteiger partial charge on any atom is -0.507 e. The van der Waals surface area contributed by atoms with E-state index in [2.05, 4.69) is 68.9 Å². The van der Waals surface area contributed by atoms with Gasteiger partial charge in [0.1, 0.15) is 5.75 Å². The monoisotopic (exact) mass is 323 g/mol. The van der Waals surface area contributed by atoms with Crippen LogP contribution in [-0.4, -0.2) is 20.3 Å². The number of aromatic hydroxyl groups is 1. The van der Waals surface area contributed by atoms with Crippen LogP contribution < -0.4 is 0 Å². The zero-order valence-corrected chi connectivity index (χ0v) is 15.2. The van der Waals surface area contributed by atoms with Crippen molar-refractivity contribution < 1.29 is 5.11 Å². The van der Waals surface area contributed by atoms with E-state index >= 15 is 0 Å². The van der Waals surface area contributed by atoms with Gasteiger partial charge in [0.25, 0.3) is 0 Å². The summed E-state index contributed by atoms with van der Waals surface area (Å²) in [4.78, 5) is 4.32. The quantitative estimate of drug-likeness (QED) is 0.668. The summed E-state index contributed by atoms with van der Waals surface area (Å²) in [5.41, 5.74) is 4.54. The van der Waals surface area contributed by atoms with Crippen molar-refractivity contribution in [2.45, 2.75) is 52.4 Å². The first-order valence-electron chi connectivity index (χ1n) is 8.25. The highest BCUT2D eigenvalue weighted by Gasteiger charge is 2.27. The molecule has 24 heavy (non-hydrogen) atoms. The van der Waals surface area contributed by atoms with Crippen LogP contribution in [0.5, 0.6) is 5.75 Å². The lowest BCUT2D eigenvalue weighted by Gasteiger charge is -2.28. The number of nitrogens with one attached hydrogen (secondary N) is 1. The summed E-state index contributed by atoms with van der Waals surface area (Å²) < 4.78 is 0. The van der Waals surface area contributed by atoms with Gasteiger partial charge in [0.2, 0.25) is 0 Å². The third-order valence-corrected chi connectivity index (χ3v) is 4.39. The lowest BCUT2D eigenvalue weighted by Crippen LogP contribution is -2.17. The number of H-pyrrole nitrogens is 1. The Morgan fingerprint density at radius 3 is 2.08 bits per heavy atom. The van der Waals surface area contributed by atoms with Gasteiger partial charge in [0.05, 0.1) is 6.20 Å². The highest BCUT2D eigenvalue weighted by molar-refractivity contribution is 5.92. The fourth-order valence-electron chi connectivity index (χ4n) is 3.04. The summed E-state index contributed by atoms with van der Waals surface area (Å²) in [6, 6.07) is 6.18. The first kappa shape index (κ1) is 16.5. The molecule has 0 saturated carbocycles. The first-order valence-corrected chi connectivity index (χ1v) is 8.25. The normalized spacial score (nSPS) is 12.8. The van der Waals surface area contributed by atoms with Gasteiger partial charge in [-0.15, -0.1) is 0 Å². The number of phenolic OH excluding ortho intramolecular Hbond substituents is 1. The Labute approximate surface area is 143 Å². The molecule has 0 aliphatic heterocycles. The third kappa shape index (κ3) is 2.77. The largest absolute Gasteiger partial charge is 0.507 e. The van der Waals surface area contributed by atoms with Gasteiger partial charge >= 0.3 is 0 Å². The minimum absolute atomic E-state index is 0.150. The summed E-state index contributed by atoms with van der Waals surface area (Å²) in [7, 11) is 0. The van der Waals surface area contributed by atoms with Crippen molar-refractivity contribution >= 4 is 11.0 Å². The van der Waals surface area contributed by atoms with Gasteiger partial charge in [-0.1, -0.05) is 41.5 Å². The maximum atomic E-state index is 10.9. The van der Waals surface area contributed by atoms with Crippen LogP contribution in [0.2, 0.25) is 0 Å². The van der Waals surface area contributed by atoms with Crippen LogP contribution in [0.3, 0.4) is 0 Å². The van der Waals surface area contributed by atoms with E-state index in [0.29, 0.717) is 5.75 Å². The van der Waals surface area contributed by atoms with E-state index in [1.165, 1.54) is 0 Å². The number of hydrogen-bond acceptors (Lipinski definition) is 3. The number of aromatic amines is 1. The zero-order chi connectivity index (χ0) is 17.7. The standard InChI is InChI=1S/C20H25N3O/c1-19(2,3)15-9-12(10-16(17(15)24)20(4,5)6)13-7-8-21-18-14(13)11-22-23-18/h7-11,24H,1-6H3,(H,21,22,23). The van der Waals surface area contributed by atoms with Crippen molar-refractivity contribution in [3.05, 3.63) is 41.7 Å². The number of phenols is 1. The van der Waals surface area contributed by atoms with Crippen LogP contribution in [0.15, 0.2) is 30.6 Å². The molecule has 3 rings (SSSR count). The average molecular weight is 323 g/mol. The summed E-state index contributed by atoms with van der Waals surface area (Å²) >= 11 is 0. The smallest absolute Gasteiger partial charge is 0.155 e. The topological polar surface area (TPSA) is 61.8 Å². The Morgan fingerprint density at radius 1 is 0.958 bits per heavy atom. The lowest BCUT2D eigenvalue weighted by atomic mass is 9.77. The van der Waals surface area contributed by atoms with E-state index in [1.807, 2.05) is 6.07 Å². The molecule has 0 aliphatic carbocycles.